The van der Waals surface area contributed by atoms with Crippen molar-refractivity contribution in [2.75, 3.05) is 0 Å². The first-order valence-electron chi connectivity index (χ1n) is 14.4. The monoisotopic (exact) mass is 754 g/mol. The molecule has 4 aliphatic rings. The molecule has 0 bridgehead atoms. The third-order valence-corrected chi connectivity index (χ3v) is 12.9. The van der Waals surface area contributed by atoms with Gasteiger partial charge in [0.05, 0.1) is 12.1 Å². The Bertz CT molecular complexity index is 2020. The fourth-order valence-electron chi connectivity index (χ4n) is 5.82. The van der Waals surface area contributed by atoms with E-state index >= 15 is 0 Å². The Morgan fingerprint density at radius 2 is 0.979 bits per heavy atom. The van der Waals surface area contributed by atoms with E-state index in [1.54, 1.807) is 0 Å². The van der Waals surface area contributed by atoms with E-state index in [0.29, 0.717) is 0 Å². The predicted octanol–water partition coefficient (Wildman–Crippen LogP) is 5.92. The Morgan fingerprint density at radius 3 is 1.31 bits per heavy atom. The predicted molar refractivity (Wildman–Crippen MR) is 157 cm³/mol. The summed E-state index contributed by atoms with van der Waals surface area (Å²) in [6, 6.07) is 5.99. The van der Waals surface area contributed by atoms with Crippen molar-refractivity contribution in [3.63, 3.8) is 0 Å². The summed E-state index contributed by atoms with van der Waals surface area (Å²) < 4.78 is 134. The van der Waals surface area contributed by atoms with Crippen LogP contribution in [0, 0.1) is 11.6 Å². The second kappa shape index (κ2) is 11.7. The second-order valence-corrected chi connectivity index (χ2v) is 16.8. The van der Waals surface area contributed by atoms with Gasteiger partial charge in [-0.2, -0.15) is 9.97 Å². The van der Waals surface area contributed by atoms with Crippen LogP contribution in [0.3, 0.4) is 0 Å². The van der Waals surface area contributed by atoms with Crippen LogP contribution in [-0.4, -0.2) is 69.2 Å². The highest BCUT2D eigenvalue weighted by Crippen LogP contribution is 2.44. The quantitative estimate of drug-likeness (QED) is 0.222. The summed E-state index contributed by atoms with van der Waals surface area (Å²) in [5.41, 5.74) is 0.208. The molecule has 0 spiro atoms. The average Bonchev–Trinajstić information content (AvgIpc) is 3.68. The summed E-state index contributed by atoms with van der Waals surface area (Å²) in [4.78, 5) is 7.47. The molecule has 2 aliphatic carbocycles. The minimum Gasteiger partial charge on any atom is -0.246 e. The van der Waals surface area contributed by atoms with E-state index in [9.17, 15) is 43.2 Å². The van der Waals surface area contributed by atoms with Crippen molar-refractivity contribution in [2.24, 2.45) is 0 Å². The number of benzene rings is 2. The third-order valence-electron chi connectivity index (χ3n) is 8.54. The van der Waals surface area contributed by atoms with Crippen LogP contribution in [0.15, 0.2) is 46.7 Å². The van der Waals surface area contributed by atoms with Crippen molar-refractivity contribution >= 4 is 42.9 Å². The smallest absolute Gasteiger partial charge is 0.246 e. The van der Waals surface area contributed by atoms with E-state index in [2.05, 4.69) is 20.2 Å². The molecular weight excluding hydrogens is 733 g/mol. The molecule has 4 heterocycles. The molecule has 0 amide bonds. The van der Waals surface area contributed by atoms with Gasteiger partial charge in [-0.1, -0.05) is 23.2 Å². The standard InChI is InChI=1S/2C14H11ClF3N3O2S/c2*15-6-1-2-8(16)7(3-6)11-4-10(18)13-19-14(20-21(11)13)24(22,23)12-5-9(12)17/h2*1-3,9-12H,4-5H2/t9-,10+,11+,12-;9-,10-,11-,12-/m10/s1. The molecule has 0 radical (unpaired) electrons. The first kappa shape index (κ1) is 33.3. The highest BCUT2D eigenvalue weighted by Gasteiger charge is 2.53. The second-order valence-electron chi connectivity index (χ2n) is 11.8. The number of sulfone groups is 2. The molecule has 0 saturated heterocycles. The molecule has 4 aromatic rings. The van der Waals surface area contributed by atoms with Crippen LogP contribution < -0.4 is 0 Å². The number of hydrogen-bond acceptors (Lipinski definition) is 8. The molecule has 256 valence electrons. The fourth-order valence-corrected chi connectivity index (χ4v) is 9.22. The van der Waals surface area contributed by atoms with Crippen LogP contribution in [0.1, 0.15) is 72.9 Å². The zero-order chi connectivity index (χ0) is 34.4. The molecule has 8 atom stereocenters. The summed E-state index contributed by atoms with van der Waals surface area (Å²) in [6.45, 7) is 0. The van der Waals surface area contributed by atoms with Crippen molar-refractivity contribution in [3.05, 3.63) is 80.9 Å². The SMILES string of the molecule is O=S(=O)(c1nc2n(n1)[C@H](c1cc(Cl)ccc1F)C[C@@H]2F)[C@@H]1C[C@H]1F.O=S(=O)(c1nc2n(n1)[C@H](c1cc(Cl)ccc1F)C[C@@H]2F)[C@H]1C[C@@H]1F. The molecule has 2 aromatic heterocycles. The summed E-state index contributed by atoms with van der Waals surface area (Å²) in [7, 11) is -8.09. The van der Waals surface area contributed by atoms with E-state index in [-0.39, 0.29) is 58.5 Å². The molecule has 10 nitrogen and oxygen atoms in total. The Labute approximate surface area is 278 Å². The van der Waals surface area contributed by atoms with Gasteiger partial charge in [-0.3, -0.25) is 0 Å². The third kappa shape index (κ3) is 5.67. The molecule has 2 saturated carbocycles. The molecule has 0 N–H and O–H groups in total. The maximum atomic E-state index is 14.2. The lowest BCUT2D eigenvalue weighted by Gasteiger charge is -2.13. The first-order chi connectivity index (χ1) is 22.6. The lowest BCUT2D eigenvalue weighted by molar-refractivity contribution is 0.325. The number of nitrogens with zero attached hydrogens (tertiary/aromatic N) is 6. The van der Waals surface area contributed by atoms with Crippen LogP contribution in [0.25, 0.3) is 0 Å². The number of alkyl halides is 4. The first-order valence-corrected chi connectivity index (χ1v) is 18.3. The Hall–Kier alpha value is -3.22. The fraction of sp³-hybridized carbons (Fsp3) is 0.429. The lowest BCUT2D eigenvalue weighted by Crippen LogP contribution is -2.14. The van der Waals surface area contributed by atoms with Crippen LogP contribution in [-0.2, 0) is 19.7 Å². The van der Waals surface area contributed by atoms with Crippen molar-refractivity contribution in [1.82, 2.24) is 29.5 Å². The highest BCUT2D eigenvalue weighted by atomic mass is 35.5. The maximum absolute atomic E-state index is 14.2. The Kier molecular flexibility index (Phi) is 8.11. The number of hydrogen-bond donors (Lipinski definition) is 0. The van der Waals surface area contributed by atoms with Crippen LogP contribution >= 0.6 is 23.2 Å². The topological polar surface area (TPSA) is 130 Å². The van der Waals surface area contributed by atoms with E-state index in [1.807, 2.05) is 0 Å². The normalized spacial score (nSPS) is 28.8. The lowest BCUT2D eigenvalue weighted by atomic mass is 10.0. The van der Waals surface area contributed by atoms with Gasteiger partial charge in [0.1, 0.15) is 34.5 Å². The van der Waals surface area contributed by atoms with Gasteiger partial charge < -0.3 is 0 Å². The van der Waals surface area contributed by atoms with Gasteiger partial charge in [-0.05, 0) is 49.2 Å². The van der Waals surface area contributed by atoms with Gasteiger partial charge in [-0.15, -0.1) is 10.2 Å². The number of fused-ring (bicyclic) bond motifs is 2. The maximum Gasteiger partial charge on any atom is 0.267 e. The highest BCUT2D eigenvalue weighted by molar-refractivity contribution is 7.92. The summed E-state index contributed by atoms with van der Waals surface area (Å²) >= 11 is 11.7. The Balaban J connectivity index is 0.000000152. The molecule has 2 aromatic carbocycles. The van der Waals surface area contributed by atoms with Crippen LogP contribution in [0.4, 0.5) is 26.3 Å². The molecule has 8 rings (SSSR count). The van der Waals surface area contributed by atoms with Gasteiger partial charge in [0.25, 0.3) is 10.3 Å². The van der Waals surface area contributed by atoms with Crippen LogP contribution in [0.2, 0.25) is 10.0 Å². The van der Waals surface area contributed by atoms with Crippen molar-refractivity contribution < 1.29 is 43.2 Å². The molecule has 48 heavy (non-hydrogen) atoms. The number of aromatic nitrogens is 6. The van der Waals surface area contributed by atoms with E-state index in [4.69, 9.17) is 23.2 Å². The summed E-state index contributed by atoms with van der Waals surface area (Å²) in [5.74, 6) is -1.60. The molecule has 2 aliphatic heterocycles. The summed E-state index contributed by atoms with van der Waals surface area (Å²) in [5, 5.41) is 4.62. The van der Waals surface area contributed by atoms with Crippen LogP contribution in [0.5, 0.6) is 0 Å². The number of rotatable bonds is 6. The van der Waals surface area contributed by atoms with E-state index < -0.39 is 88.9 Å². The average molecular weight is 756 g/mol. The van der Waals surface area contributed by atoms with Crippen molar-refractivity contribution in [3.8, 4) is 0 Å². The zero-order valence-electron chi connectivity index (χ0n) is 24.1. The van der Waals surface area contributed by atoms with Gasteiger partial charge in [-0.25, -0.2) is 52.5 Å². The molecule has 2 fully saturated rings. The Morgan fingerprint density at radius 1 is 0.625 bits per heavy atom. The van der Waals surface area contributed by atoms with Gasteiger partial charge >= 0.3 is 0 Å². The minimum absolute atomic E-state index is 0.104. The van der Waals surface area contributed by atoms with E-state index in [1.165, 1.54) is 24.3 Å². The van der Waals surface area contributed by atoms with Gasteiger partial charge in [0, 0.05) is 34.0 Å². The minimum atomic E-state index is -4.04. The van der Waals surface area contributed by atoms with Crippen molar-refractivity contribution in [2.45, 2.75) is 83.3 Å². The molecule has 20 heteroatoms. The summed E-state index contributed by atoms with van der Waals surface area (Å²) in [6.07, 6.45) is -6.55. The number of halogens is 8. The molecular formula is C28H22Cl2F6N6O4S2. The van der Waals surface area contributed by atoms with Crippen molar-refractivity contribution in [1.29, 1.82) is 0 Å². The molecule has 0 unspecified atom stereocenters. The van der Waals surface area contributed by atoms with E-state index in [0.717, 1.165) is 21.5 Å². The zero-order valence-corrected chi connectivity index (χ0v) is 27.2. The largest absolute Gasteiger partial charge is 0.267 e. The van der Waals surface area contributed by atoms with Gasteiger partial charge in [0.15, 0.2) is 24.0 Å². The van der Waals surface area contributed by atoms with Gasteiger partial charge in [0.2, 0.25) is 19.7 Å².